The van der Waals surface area contributed by atoms with Gasteiger partial charge >= 0.3 is 6.18 Å². The SMILES string of the molecule is COCC(O)CN1CCC(Nc2cccc3c2cc(C#CCNC2CCOCC2)n3CC(F)(F)F)CC1. The summed E-state index contributed by atoms with van der Waals surface area (Å²) in [6, 6.07) is 7.72. The Kier molecular flexibility index (Phi) is 9.73. The van der Waals surface area contributed by atoms with Crippen molar-refractivity contribution >= 4 is 16.6 Å². The lowest BCUT2D eigenvalue weighted by Gasteiger charge is -2.34. The van der Waals surface area contributed by atoms with E-state index in [1.54, 1.807) is 25.3 Å². The van der Waals surface area contributed by atoms with Crippen molar-refractivity contribution in [1.29, 1.82) is 0 Å². The number of hydrogen-bond donors (Lipinski definition) is 3. The lowest BCUT2D eigenvalue weighted by molar-refractivity contribution is -0.140. The Bertz CT molecular complexity index is 1060. The van der Waals surface area contributed by atoms with Crippen molar-refractivity contribution in [1.82, 2.24) is 14.8 Å². The van der Waals surface area contributed by atoms with Gasteiger partial charge in [0.2, 0.25) is 0 Å². The highest BCUT2D eigenvalue weighted by Crippen LogP contribution is 2.31. The molecule has 0 amide bonds. The van der Waals surface area contributed by atoms with Crippen molar-refractivity contribution in [3.05, 3.63) is 30.0 Å². The van der Waals surface area contributed by atoms with Gasteiger partial charge in [0.25, 0.3) is 0 Å². The van der Waals surface area contributed by atoms with Crippen LogP contribution in [0.25, 0.3) is 10.9 Å². The normalized spacial score (nSPS) is 19.1. The van der Waals surface area contributed by atoms with Gasteiger partial charge in [0.05, 0.1) is 30.5 Å². The van der Waals surface area contributed by atoms with Gasteiger partial charge in [-0.05, 0) is 49.8 Å². The number of halogens is 3. The number of rotatable bonds is 9. The standard InChI is InChI=1S/C27H37F3N4O3/c1-36-18-23(35)17-33-12-7-21(8-13-33)32-25-5-2-6-26-24(25)16-22(34(26)19-27(28,29)30)4-3-11-31-20-9-14-37-15-10-20/h2,5-6,16,20-21,23,31-32,35H,7-15,17-19H2,1H3. The summed E-state index contributed by atoms with van der Waals surface area (Å²) in [5, 5.41) is 17.6. The van der Waals surface area contributed by atoms with E-state index in [-0.39, 0.29) is 6.04 Å². The maximum absolute atomic E-state index is 13.5. The number of likely N-dealkylation sites (tertiary alicyclic amines) is 1. The minimum atomic E-state index is -4.35. The molecular formula is C27H37F3N4O3. The number of β-amino-alcohol motifs (C(OH)–C–C–N with tert-alkyl or cyclic N) is 1. The van der Waals surface area contributed by atoms with E-state index in [0.717, 1.165) is 63.1 Å². The Hall–Kier alpha value is -2.29. The van der Waals surface area contributed by atoms with E-state index >= 15 is 0 Å². The molecule has 2 aromatic rings. The van der Waals surface area contributed by atoms with Crippen LogP contribution < -0.4 is 10.6 Å². The molecule has 7 nitrogen and oxygen atoms in total. The number of methoxy groups -OCH3 is 1. The van der Waals surface area contributed by atoms with Crippen LogP contribution in [0.2, 0.25) is 0 Å². The first-order valence-electron chi connectivity index (χ1n) is 13.0. The predicted octanol–water partition coefficient (Wildman–Crippen LogP) is 3.21. The minimum absolute atomic E-state index is 0.200. The molecule has 3 heterocycles. The first-order valence-corrected chi connectivity index (χ1v) is 13.0. The number of anilines is 1. The molecule has 3 N–H and O–H groups in total. The number of aromatic nitrogens is 1. The highest BCUT2D eigenvalue weighted by atomic mass is 19.4. The summed E-state index contributed by atoms with van der Waals surface area (Å²) in [5.41, 5.74) is 1.70. The summed E-state index contributed by atoms with van der Waals surface area (Å²) in [4.78, 5) is 2.21. The molecular weight excluding hydrogens is 485 g/mol. The van der Waals surface area contributed by atoms with Crippen LogP contribution in [0.4, 0.5) is 18.9 Å². The molecule has 1 unspecified atom stereocenters. The fraction of sp³-hybridized carbons (Fsp3) is 0.630. The van der Waals surface area contributed by atoms with Crippen molar-refractivity contribution in [2.45, 2.75) is 56.6 Å². The summed E-state index contributed by atoms with van der Waals surface area (Å²) >= 11 is 0. The van der Waals surface area contributed by atoms with Gasteiger partial charge in [-0.1, -0.05) is 12.0 Å². The molecule has 0 spiro atoms. The molecule has 0 saturated carbocycles. The van der Waals surface area contributed by atoms with Crippen LogP contribution in [0.1, 0.15) is 31.4 Å². The summed E-state index contributed by atoms with van der Waals surface area (Å²) in [6.07, 6.45) is -1.28. The fourth-order valence-corrected chi connectivity index (χ4v) is 5.12. The zero-order valence-electron chi connectivity index (χ0n) is 21.3. The lowest BCUT2D eigenvalue weighted by atomic mass is 10.0. The summed E-state index contributed by atoms with van der Waals surface area (Å²) in [5.74, 6) is 6.00. The highest BCUT2D eigenvalue weighted by Gasteiger charge is 2.30. The van der Waals surface area contributed by atoms with E-state index in [1.807, 2.05) is 6.07 Å². The van der Waals surface area contributed by atoms with Gasteiger partial charge in [-0.25, -0.2) is 0 Å². The Morgan fingerprint density at radius 2 is 1.92 bits per heavy atom. The van der Waals surface area contributed by atoms with Crippen molar-refractivity contribution in [2.75, 3.05) is 58.4 Å². The molecule has 1 atom stereocenters. The first-order chi connectivity index (χ1) is 17.8. The number of aliphatic hydroxyl groups is 1. The second kappa shape index (κ2) is 13.0. The quantitative estimate of drug-likeness (QED) is 0.440. The van der Waals surface area contributed by atoms with Gasteiger partial charge in [0.15, 0.2) is 0 Å². The molecule has 204 valence electrons. The number of hydrogen-bond acceptors (Lipinski definition) is 6. The molecule has 2 saturated heterocycles. The minimum Gasteiger partial charge on any atom is -0.389 e. The summed E-state index contributed by atoms with van der Waals surface area (Å²) < 4.78 is 52.0. The van der Waals surface area contributed by atoms with Crippen LogP contribution in [-0.4, -0.2) is 92.0 Å². The van der Waals surface area contributed by atoms with E-state index in [4.69, 9.17) is 9.47 Å². The van der Waals surface area contributed by atoms with Crippen LogP contribution >= 0.6 is 0 Å². The van der Waals surface area contributed by atoms with Crippen LogP contribution in [0.3, 0.4) is 0 Å². The molecule has 2 aliphatic heterocycles. The van der Waals surface area contributed by atoms with Crippen molar-refractivity contribution in [2.24, 2.45) is 0 Å². The largest absolute Gasteiger partial charge is 0.406 e. The summed E-state index contributed by atoms with van der Waals surface area (Å²) in [7, 11) is 1.57. The summed E-state index contributed by atoms with van der Waals surface area (Å²) in [6.45, 7) is 3.32. The van der Waals surface area contributed by atoms with Gasteiger partial charge in [-0.2, -0.15) is 13.2 Å². The van der Waals surface area contributed by atoms with Gasteiger partial charge in [0.1, 0.15) is 6.54 Å². The average molecular weight is 523 g/mol. The van der Waals surface area contributed by atoms with Crippen molar-refractivity contribution < 1.29 is 27.8 Å². The zero-order chi connectivity index (χ0) is 26.3. The second-order valence-electron chi connectivity index (χ2n) is 9.87. The molecule has 2 aliphatic rings. The number of piperidine rings is 1. The Labute approximate surface area is 216 Å². The third-order valence-electron chi connectivity index (χ3n) is 6.98. The van der Waals surface area contributed by atoms with Crippen LogP contribution in [0, 0.1) is 11.8 Å². The van der Waals surface area contributed by atoms with E-state index in [0.29, 0.717) is 36.9 Å². The molecule has 0 radical (unpaired) electrons. The Balaban J connectivity index is 1.46. The van der Waals surface area contributed by atoms with Crippen molar-refractivity contribution in [3.63, 3.8) is 0 Å². The van der Waals surface area contributed by atoms with Crippen LogP contribution in [0.15, 0.2) is 24.3 Å². The molecule has 0 aliphatic carbocycles. The van der Waals surface area contributed by atoms with Crippen LogP contribution in [0.5, 0.6) is 0 Å². The van der Waals surface area contributed by atoms with Gasteiger partial charge in [0, 0.05) is 63.1 Å². The number of nitrogens with zero attached hydrogens (tertiary/aromatic N) is 2. The van der Waals surface area contributed by atoms with E-state index < -0.39 is 18.8 Å². The van der Waals surface area contributed by atoms with Gasteiger partial charge in [-0.15, -0.1) is 0 Å². The zero-order valence-corrected chi connectivity index (χ0v) is 21.3. The second-order valence-corrected chi connectivity index (χ2v) is 9.87. The molecule has 1 aromatic carbocycles. The molecule has 10 heteroatoms. The smallest absolute Gasteiger partial charge is 0.389 e. The van der Waals surface area contributed by atoms with Gasteiger partial charge in [-0.3, -0.25) is 0 Å². The predicted molar refractivity (Wildman–Crippen MR) is 138 cm³/mol. The topological polar surface area (TPSA) is 70.9 Å². The maximum atomic E-state index is 13.5. The molecule has 37 heavy (non-hydrogen) atoms. The molecule has 2 fully saturated rings. The Morgan fingerprint density at radius 1 is 1.16 bits per heavy atom. The number of benzene rings is 1. The Morgan fingerprint density at radius 3 is 2.62 bits per heavy atom. The molecule has 1 aromatic heterocycles. The molecule has 4 rings (SSSR count). The number of alkyl halides is 3. The maximum Gasteiger partial charge on any atom is 0.406 e. The van der Waals surface area contributed by atoms with E-state index in [1.165, 1.54) is 4.57 Å². The van der Waals surface area contributed by atoms with E-state index in [2.05, 4.69) is 27.4 Å². The highest BCUT2D eigenvalue weighted by molar-refractivity contribution is 5.94. The number of fused-ring (bicyclic) bond motifs is 1. The third kappa shape index (κ3) is 8.09. The third-order valence-corrected chi connectivity index (χ3v) is 6.98. The van der Waals surface area contributed by atoms with Crippen molar-refractivity contribution in [3.8, 4) is 11.8 Å². The number of nitrogens with one attached hydrogen (secondary N) is 2. The van der Waals surface area contributed by atoms with Gasteiger partial charge < -0.3 is 34.7 Å². The monoisotopic (exact) mass is 522 g/mol. The van der Waals surface area contributed by atoms with Crippen LogP contribution in [-0.2, 0) is 16.0 Å². The molecule has 0 bridgehead atoms. The average Bonchev–Trinajstić information content (AvgIpc) is 3.20. The fourth-order valence-electron chi connectivity index (χ4n) is 5.12. The number of aliphatic hydroxyl groups excluding tert-OH is 1. The number of ether oxygens (including phenoxy) is 2. The lowest BCUT2D eigenvalue weighted by Crippen LogP contribution is -2.43. The first kappa shape index (κ1) is 27.7. The van der Waals surface area contributed by atoms with E-state index in [9.17, 15) is 18.3 Å².